The second-order valence-electron chi connectivity index (χ2n) is 6.60. The highest BCUT2D eigenvalue weighted by molar-refractivity contribution is 5.81. The molecule has 4 heteroatoms. The van der Waals surface area contributed by atoms with Gasteiger partial charge < -0.3 is 15.8 Å². The van der Waals surface area contributed by atoms with Gasteiger partial charge in [0.2, 0.25) is 5.91 Å². The molecule has 0 aromatic heterocycles. The first-order valence-electron chi connectivity index (χ1n) is 7.24. The average molecular weight is 252 g/mol. The van der Waals surface area contributed by atoms with Gasteiger partial charge in [-0.3, -0.25) is 4.79 Å². The molecule has 0 radical (unpaired) electrons. The Morgan fingerprint density at radius 2 is 1.94 bits per heavy atom. The van der Waals surface area contributed by atoms with Gasteiger partial charge in [0.1, 0.15) is 0 Å². The number of rotatable bonds is 2. The van der Waals surface area contributed by atoms with Crippen molar-refractivity contribution in [1.29, 1.82) is 0 Å². The second-order valence-corrected chi connectivity index (χ2v) is 6.60. The van der Waals surface area contributed by atoms with Gasteiger partial charge in [-0.1, -0.05) is 0 Å². The monoisotopic (exact) mass is 252 g/mol. The number of carbonyl (C=O) groups excluding carboxylic acids is 1. The van der Waals surface area contributed by atoms with Crippen molar-refractivity contribution in [1.82, 2.24) is 5.32 Å². The largest absolute Gasteiger partial charge is 0.381 e. The van der Waals surface area contributed by atoms with Crippen LogP contribution in [0.5, 0.6) is 0 Å². The fraction of sp³-hybridized carbons (Fsp3) is 0.929. The summed E-state index contributed by atoms with van der Waals surface area (Å²) in [6, 6.07) is 0.0900. The van der Waals surface area contributed by atoms with E-state index in [1.54, 1.807) is 0 Å². The van der Waals surface area contributed by atoms with Crippen molar-refractivity contribution in [3.05, 3.63) is 0 Å². The molecule has 0 aromatic carbocycles. The van der Waals surface area contributed by atoms with E-state index in [1.165, 1.54) is 19.3 Å². The third kappa shape index (κ3) is 2.05. The van der Waals surface area contributed by atoms with Crippen LogP contribution in [0.3, 0.4) is 0 Å². The van der Waals surface area contributed by atoms with Gasteiger partial charge in [-0.05, 0) is 50.9 Å². The molecule has 18 heavy (non-hydrogen) atoms. The molecule has 1 saturated heterocycles. The summed E-state index contributed by atoms with van der Waals surface area (Å²) in [5.41, 5.74) is 6.14. The molecule has 4 nitrogen and oxygen atoms in total. The summed E-state index contributed by atoms with van der Waals surface area (Å²) >= 11 is 0. The van der Waals surface area contributed by atoms with E-state index in [2.05, 4.69) is 12.2 Å². The number of fused-ring (bicyclic) bond motifs is 2. The number of hydrogen-bond acceptors (Lipinski definition) is 3. The maximum absolute atomic E-state index is 12.5. The van der Waals surface area contributed by atoms with Gasteiger partial charge in [0.15, 0.2) is 0 Å². The maximum atomic E-state index is 12.5. The number of nitrogens with two attached hydrogens (primary N) is 1. The fourth-order valence-corrected chi connectivity index (χ4v) is 4.05. The molecule has 2 aliphatic carbocycles. The van der Waals surface area contributed by atoms with Crippen LogP contribution in [0.1, 0.15) is 39.0 Å². The Morgan fingerprint density at radius 1 is 1.28 bits per heavy atom. The van der Waals surface area contributed by atoms with Crippen molar-refractivity contribution >= 4 is 5.91 Å². The third-order valence-electron chi connectivity index (χ3n) is 5.30. The van der Waals surface area contributed by atoms with Crippen molar-refractivity contribution in [2.75, 3.05) is 13.2 Å². The first-order chi connectivity index (χ1) is 8.59. The quantitative estimate of drug-likeness (QED) is 0.772. The topological polar surface area (TPSA) is 64.4 Å². The van der Waals surface area contributed by atoms with Gasteiger partial charge in [-0.2, -0.15) is 0 Å². The van der Waals surface area contributed by atoms with E-state index in [1.807, 2.05) is 0 Å². The number of ether oxygens (including phenoxy) is 1. The molecule has 3 N–H and O–H groups in total. The average Bonchev–Trinajstić information content (AvgIpc) is 2.89. The van der Waals surface area contributed by atoms with Crippen LogP contribution in [0, 0.1) is 17.8 Å². The first-order valence-corrected chi connectivity index (χ1v) is 7.24. The van der Waals surface area contributed by atoms with Crippen LogP contribution in [0.2, 0.25) is 0 Å². The van der Waals surface area contributed by atoms with Crippen LogP contribution in [0.25, 0.3) is 0 Å². The van der Waals surface area contributed by atoms with Crippen LogP contribution < -0.4 is 11.1 Å². The highest BCUT2D eigenvalue weighted by Gasteiger charge is 2.49. The zero-order valence-corrected chi connectivity index (χ0v) is 11.2. The van der Waals surface area contributed by atoms with Crippen molar-refractivity contribution in [3.63, 3.8) is 0 Å². The lowest BCUT2D eigenvalue weighted by Crippen LogP contribution is -2.54. The van der Waals surface area contributed by atoms with Crippen LogP contribution in [0.4, 0.5) is 0 Å². The molecule has 102 valence electrons. The zero-order valence-electron chi connectivity index (χ0n) is 11.2. The Morgan fingerprint density at radius 3 is 2.56 bits per heavy atom. The van der Waals surface area contributed by atoms with E-state index >= 15 is 0 Å². The number of hydrogen-bond donors (Lipinski definition) is 2. The molecule has 2 saturated carbocycles. The van der Waals surface area contributed by atoms with Crippen molar-refractivity contribution < 1.29 is 9.53 Å². The molecule has 4 unspecified atom stereocenters. The van der Waals surface area contributed by atoms with Gasteiger partial charge in [0.05, 0.1) is 5.92 Å². The molecule has 1 heterocycles. The molecule has 0 aromatic rings. The zero-order chi connectivity index (χ0) is 12.8. The molecule has 1 aliphatic heterocycles. The normalized spacial score (nSPS) is 41.9. The Kier molecular flexibility index (Phi) is 3.10. The summed E-state index contributed by atoms with van der Waals surface area (Å²) in [7, 11) is 0. The summed E-state index contributed by atoms with van der Waals surface area (Å²) in [5.74, 6) is 1.38. The van der Waals surface area contributed by atoms with Crippen molar-refractivity contribution in [2.45, 2.75) is 50.6 Å². The molecule has 4 atom stereocenters. The molecular weight excluding hydrogens is 228 g/mol. The molecule has 3 rings (SSSR count). The maximum Gasteiger partial charge on any atom is 0.225 e. The van der Waals surface area contributed by atoms with Crippen molar-refractivity contribution in [3.8, 4) is 0 Å². The van der Waals surface area contributed by atoms with E-state index in [4.69, 9.17) is 10.5 Å². The highest BCUT2D eigenvalue weighted by Crippen LogP contribution is 2.47. The molecule has 2 bridgehead atoms. The molecule has 0 spiro atoms. The summed E-state index contributed by atoms with van der Waals surface area (Å²) in [6.07, 6.45) is 5.40. The van der Waals surface area contributed by atoms with Crippen LogP contribution in [-0.4, -0.2) is 30.7 Å². The standard InChI is InChI=1S/C14H24N2O2/c1-14(4-6-18-7-5-14)16-13(17)11-9-2-3-10(8-9)12(11)15/h9-12H,2-8,15H2,1H3,(H,16,17). The first kappa shape index (κ1) is 12.4. The summed E-state index contributed by atoms with van der Waals surface area (Å²) in [5, 5.41) is 3.25. The van der Waals surface area contributed by atoms with E-state index in [0.717, 1.165) is 26.1 Å². The van der Waals surface area contributed by atoms with Gasteiger partial charge in [0, 0.05) is 24.8 Å². The number of nitrogens with one attached hydrogen (secondary N) is 1. The van der Waals surface area contributed by atoms with Gasteiger partial charge >= 0.3 is 0 Å². The molecule has 3 fully saturated rings. The van der Waals surface area contributed by atoms with Crippen LogP contribution >= 0.6 is 0 Å². The van der Waals surface area contributed by atoms with E-state index in [-0.39, 0.29) is 23.4 Å². The minimum Gasteiger partial charge on any atom is -0.381 e. The lowest BCUT2D eigenvalue weighted by Gasteiger charge is -2.37. The molecule has 3 aliphatic rings. The Balaban J connectivity index is 1.64. The van der Waals surface area contributed by atoms with Gasteiger partial charge in [0.25, 0.3) is 0 Å². The Bertz CT molecular complexity index is 337. The summed E-state index contributed by atoms with van der Waals surface area (Å²) in [6.45, 7) is 3.63. The van der Waals surface area contributed by atoms with Crippen molar-refractivity contribution in [2.24, 2.45) is 23.5 Å². The van der Waals surface area contributed by atoms with Crippen LogP contribution in [-0.2, 0) is 9.53 Å². The number of amides is 1. The smallest absolute Gasteiger partial charge is 0.225 e. The van der Waals surface area contributed by atoms with Gasteiger partial charge in [-0.25, -0.2) is 0 Å². The second kappa shape index (κ2) is 4.49. The minimum atomic E-state index is -0.0864. The SMILES string of the molecule is CC1(NC(=O)C2C3CCC(C3)C2N)CCOCC1. The lowest BCUT2D eigenvalue weighted by molar-refractivity contribution is -0.130. The van der Waals surface area contributed by atoms with E-state index < -0.39 is 0 Å². The van der Waals surface area contributed by atoms with E-state index in [0.29, 0.717) is 11.8 Å². The lowest BCUT2D eigenvalue weighted by atomic mass is 9.83. The van der Waals surface area contributed by atoms with E-state index in [9.17, 15) is 4.79 Å². The summed E-state index contributed by atoms with van der Waals surface area (Å²) in [4.78, 5) is 12.5. The number of carbonyl (C=O) groups is 1. The highest BCUT2D eigenvalue weighted by atomic mass is 16.5. The Labute approximate surface area is 109 Å². The fourth-order valence-electron chi connectivity index (χ4n) is 4.05. The molecule has 1 amide bonds. The molecular formula is C14H24N2O2. The predicted octanol–water partition coefficient (Wildman–Crippen LogP) is 1.05. The Hall–Kier alpha value is -0.610. The predicted molar refractivity (Wildman–Crippen MR) is 68.9 cm³/mol. The minimum absolute atomic E-state index is 0.0587. The third-order valence-corrected chi connectivity index (χ3v) is 5.30. The van der Waals surface area contributed by atoms with Crippen LogP contribution in [0.15, 0.2) is 0 Å². The summed E-state index contributed by atoms with van der Waals surface area (Å²) < 4.78 is 5.37. The van der Waals surface area contributed by atoms with Gasteiger partial charge in [-0.15, -0.1) is 0 Å².